The molecule has 2 aromatic carbocycles. The fourth-order valence-corrected chi connectivity index (χ4v) is 3.07. The van der Waals surface area contributed by atoms with Gasteiger partial charge in [0, 0.05) is 11.6 Å². The second-order valence-corrected chi connectivity index (χ2v) is 6.72. The van der Waals surface area contributed by atoms with Gasteiger partial charge in [0.05, 0.1) is 4.90 Å². The van der Waals surface area contributed by atoms with E-state index in [4.69, 9.17) is 16.3 Å². The Morgan fingerprint density at radius 3 is 2.62 bits per heavy atom. The number of rotatable bonds is 6. The molecule has 0 spiro atoms. The summed E-state index contributed by atoms with van der Waals surface area (Å²) in [5.41, 5.74) is 0.896. The maximum atomic E-state index is 12.1. The first kappa shape index (κ1) is 15.8. The lowest BCUT2D eigenvalue weighted by Crippen LogP contribution is -2.28. The highest BCUT2D eigenvalue weighted by Gasteiger charge is 2.12. The van der Waals surface area contributed by atoms with Crippen molar-refractivity contribution in [1.29, 1.82) is 0 Å². The molecule has 0 aromatic heterocycles. The molecule has 0 aliphatic carbocycles. The first-order valence-electron chi connectivity index (χ1n) is 6.42. The summed E-state index contributed by atoms with van der Waals surface area (Å²) in [6.07, 6.45) is 0. The molecule has 0 saturated heterocycles. The third-order valence-electron chi connectivity index (χ3n) is 2.76. The summed E-state index contributed by atoms with van der Waals surface area (Å²) in [5, 5.41) is 0.577. The van der Waals surface area contributed by atoms with Crippen molar-refractivity contribution in [3.8, 4) is 5.75 Å². The number of hydrogen-bond acceptors (Lipinski definition) is 3. The summed E-state index contributed by atoms with van der Waals surface area (Å²) in [6.45, 7) is 2.26. The van der Waals surface area contributed by atoms with Crippen LogP contribution in [-0.4, -0.2) is 21.6 Å². The van der Waals surface area contributed by atoms with Gasteiger partial charge in [0.2, 0.25) is 10.0 Å². The third-order valence-corrected chi connectivity index (χ3v) is 4.45. The number of hydrogen-bond donors (Lipinski definition) is 1. The Kier molecular flexibility index (Phi) is 5.22. The maximum absolute atomic E-state index is 12.1. The number of nitrogens with one attached hydrogen (secondary N) is 1. The molecule has 2 rings (SSSR count). The number of halogens is 1. The van der Waals surface area contributed by atoms with E-state index < -0.39 is 10.0 Å². The average molecular weight is 326 g/mol. The van der Waals surface area contributed by atoms with Crippen molar-refractivity contribution in [2.75, 3.05) is 13.2 Å². The lowest BCUT2D eigenvalue weighted by Gasteiger charge is -2.09. The minimum Gasteiger partial charge on any atom is -0.492 e. The van der Waals surface area contributed by atoms with Crippen LogP contribution in [0.3, 0.4) is 0 Å². The molecule has 0 aliphatic rings. The van der Waals surface area contributed by atoms with Crippen LogP contribution in [0.25, 0.3) is 0 Å². The fraction of sp³-hybridized carbons (Fsp3) is 0.200. The van der Waals surface area contributed by atoms with E-state index in [1.54, 1.807) is 42.5 Å². The maximum Gasteiger partial charge on any atom is 0.240 e. The predicted molar refractivity (Wildman–Crippen MR) is 83.3 cm³/mol. The van der Waals surface area contributed by atoms with Crippen LogP contribution >= 0.6 is 11.6 Å². The molecule has 0 heterocycles. The van der Waals surface area contributed by atoms with Crippen molar-refractivity contribution in [3.05, 3.63) is 59.1 Å². The van der Waals surface area contributed by atoms with Crippen molar-refractivity contribution in [2.45, 2.75) is 11.8 Å². The highest BCUT2D eigenvalue weighted by Crippen LogP contribution is 2.16. The lowest BCUT2D eigenvalue weighted by molar-refractivity contribution is 0.323. The third kappa shape index (κ3) is 4.74. The number of benzene rings is 2. The van der Waals surface area contributed by atoms with Gasteiger partial charge in [-0.05, 0) is 42.8 Å². The Morgan fingerprint density at radius 1 is 1.14 bits per heavy atom. The van der Waals surface area contributed by atoms with Crippen molar-refractivity contribution in [1.82, 2.24) is 4.72 Å². The van der Waals surface area contributed by atoms with E-state index in [0.29, 0.717) is 10.8 Å². The zero-order valence-corrected chi connectivity index (χ0v) is 13.1. The first-order valence-corrected chi connectivity index (χ1v) is 8.28. The van der Waals surface area contributed by atoms with E-state index in [0.717, 1.165) is 5.56 Å². The van der Waals surface area contributed by atoms with Gasteiger partial charge in [-0.1, -0.05) is 29.8 Å². The lowest BCUT2D eigenvalue weighted by atomic mass is 10.2. The highest BCUT2D eigenvalue weighted by molar-refractivity contribution is 7.89. The van der Waals surface area contributed by atoms with Crippen LogP contribution in [0.5, 0.6) is 5.75 Å². The van der Waals surface area contributed by atoms with Crippen LogP contribution in [0.15, 0.2) is 53.4 Å². The van der Waals surface area contributed by atoms with E-state index in [1.165, 1.54) is 0 Å². The molecule has 0 saturated carbocycles. The van der Waals surface area contributed by atoms with Crippen LogP contribution in [0.2, 0.25) is 5.02 Å². The summed E-state index contributed by atoms with van der Waals surface area (Å²) in [5.74, 6) is 0.609. The normalized spacial score (nSPS) is 11.3. The molecule has 1 N–H and O–H groups in total. The largest absolute Gasteiger partial charge is 0.492 e. The minimum absolute atomic E-state index is 0.183. The highest BCUT2D eigenvalue weighted by atomic mass is 35.5. The number of aryl methyl sites for hydroxylation is 1. The summed E-state index contributed by atoms with van der Waals surface area (Å²) in [6, 6.07) is 13.7. The van der Waals surface area contributed by atoms with Crippen molar-refractivity contribution in [3.63, 3.8) is 0 Å². The Hall–Kier alpha value is -1.56. The molecule has 4 nitrogen and oxygen atoms in total. The van der Waals surface area contributed by atoms with Gasteiger partial charge in [-0.2, -0.15) is 0 Å². The first-order chi connectivity index (χ1) is 9.97. The molecule has 0 unspecified atom stereocenters. The minimum atomic E-state index is -3.50. The molecule has 112 valence electrons. The molecular weight excluding hydrogens is 310 g/mol. The summed E-state index contributed by atoms with van der Waals surface area (Å²) in [4.78, 5) is 0.255. The molecule has 0 atom stereocenters. The Balaban J connectivity index is 1.88. The zero-order chi connectivity index (χ0) is 15.3. The summed E-state index contributed by atoms with van der Waals surface area (Å²) >= 11 is 5.83. The molecule has 0 amide bonds. The molecular formula is C15H16ClNO3S. The molecule has 0 bridgehead atoms. The van der Waals surface area contributed by atoms with Crippen molar-refractivity contribution >= 4 is 21.6 Å². The van der Waals surface area contributed by atoms with Crippen LogP contribution in [0, 0.1) is 6.92 Å². The van der Waals surface area contributed by atoms with Crippen molar-refractivity contribution < 1.29 is 13.2 Å². The van der Waals surface area contributed by atoms with Crippen LogP contribution in [0.4, 0.5) is 0 Å². The van der Waals surface area contributed by atoms with Crippen LogP contribution < -0.4 is 9.46 Å². The molecule has 0 aliphatic heterocycles. The van der Waals surface area contributed by atoms with E-state index >= 15 is 0 Å². The SMILES string of the molecule is Cc1cccc(S(=O)(=O)NCCOc2cccc(Cl)c2)c1. The smallest absolute Gasteiger partial charge is 0.240 e. The topological polar surface area (TPSA) is 55.4 Å². The number of ether oxygens (including phenoxy) is 1. The summed E-state index contributed by atoms with van der Waals surface area (Å²) in [7, 11) is -3.50. The van der Waals surface area contributed by atoms with E-state index in [9.17, 15) is 8.42 Å². The van der Waals surface area contributed by atoms with Gasteiger partial charge >= 0.3 is 0 Å². The Labute approximate surface area is 129 Å². The van der Waals surface area contributed by atoms with Crippen molar-refractivity contribution in [2.24, 2.45) is 0 Å². The second kappa shape index (κ2) is 6.93. The van der Waals surface area contributed by atoms with E-state index in [2.05, 4.69) is 4.72 Å². The van der Waals surface area contributed by atoms with E-state index in [1.807, 2.05) is 13.0 Å². The standard InChI is InChI=1S/C15H16ClNO3S/c1-12-4-2-7-15(10-12)21(18,19)17-8-9-20-14-6-3-5-13(16)11-14/h2-7,10-11,17H,8-9H2,1H3. The van der Waals surface area contributed by atoms with E-state index in [-0.39, 0.29) is 18.0 Å². The van der Waals surface area contributed by atoms with Crippen LogP contribution in [0.1, 0.15) is 5.56 Å². The average Bonchev–Trinajstić information content (AvgIpc) is 2.44. The molecule has 21 heavy (non-hydrogen) atoms. The Bertz CT molecular complexity index is 716. The monoisotopic (exact) mass is 325 g/mol. The summed E-state index contributed by atoms with van der Waals surface area (Å²) < 4.78 is 32.1. The van der Waals surface area contributed by atoms with Gasteiger partial charge in [0.25, 0.3) is 0 Å². The van der Waals surface area contributed by atoms with Gasteiger partial charge in [0.1, 0.15) is 12.4 Å². The molecule has 6 heteroatoms. The number of sulfonamides is 1. The molecule has 2 aromatic rings. The quantitative estimate of drug-likeness (QED) is 0.831. The molecule has 0 radical (unpaired) electrons. The van der Waals surface area contributed by atoms with Gasteiger partial charge < -0.3 is 4.74 Å². The van der Waals surface area contributed by atoms with Gasteiger partial charge in [-0.25, -0.2) is 13.1 Å². The van der Waals surface area contributed by atoms with Crippen LogP contribution in [-0.2, 0) is 10.0 Å². The predicted octanol–water partition coefficient (Wildman–Crippen LogP) is 3.01. The molecule has 0 fully saturated rings. The second-order valence-electron chi connectivity index (χ2n) is 4.52. The van der Waals surface area contributed by atoms with Gasteiger partial charge in [-0.3, -0.25) is 0 Å². The van der Waals surface area contributed by atoms with Gasteiger partial charge in [0.15, 0.2) is 0 Å². The Morgan fingerprint density at radius 2 is 1.90 bits per heavy atom. The zero-order valence-electron chi connectivity index (χ0n) is 11.5. The fourth-order valence-electron chi connectivity index (χ4n) is 1.77. The van der Waals surface area contributed by atoms with Gasteiger partial charge in [-0.15, -0.1) is 0 Å².